The third kappa shape index (κ3) is 2.14. The Kier molecular flexibility index (Phi) is 3.09. The number of nitrogens with zero attached hydrogens (tertiary/aromatic N) is 1. The van der Waals surface area contributed by atoms with Gasteiger partial charge in [0.2, 0.25) is 5.91 Å². The first-order valence-corrected chi connectivity index (χ1v) is 6.20. The molecule has 1 aliphatic heterocycles. The minimum absolute atomic E-state index is 0.0578. The minimum atomic E-state index is 0.0578. The molecule has 92 valence electrons. The molecule has 0 aliphatic carbocycles. The van der Waals surface area contributed by atoms with Gasteiger partial charge in [-0.15, -0.1) is 0 Å². The van der Waals surface area contributed by atoms with Crippen LogP contribution in [-0.4, -0.2) is 12.5 Å². The van der Waals surface area contributed by atoms with Crippen LogP contribution in [0.1, 0.15) is 26.3 Å². The van der Waals surface area contributed by atoms with Crippen molar-refractivity contribution < 1.29 is 4.79 Å². The second-order valence-corrected chi connectivity index (χ2v) is 5.16. The number of benzene rings is 1. The van der Waals surface area contributed by atoms with Crippen molar-refractivity contribution in [2.75, 3.05) is 17.2 Å². The molecule has 1 heterocycles. The number of rotatable bonds is 2. The molecule has 0 aromatic heterocycles. The Bertz CT molecular complexity index is 440. The summed E-state index contributed by atoms with van der Waals surface area (Å²) in [6.07, 6.45) is 0.937. The molecular weight excluding hydrogens is 212 g/mol. The van der Waals surface area contributed by atoms with E-state index in [4.69, 9.17) is 5.73 Å². The van der Waals surface area contributed by atoms with E-state index in [1.54, 1.807) is 0 Å². The lowest BCUT2D eigenvalue weighted by atomic mass is 9.96. The molecule has 1 aliphatic rings. The van der Waals surface area contributed by atoms with E-state index in [9.17, 15) is 4.79 Å². The highest BCUT2D eigenvalue weighted by Gasteiger charge is 2.29. The van der Waals surface area contributed by atoms with Crippen molar-refractivity contribution in [3.63, 3.8) is 0 Å². The Morgan fingerprint density at radius 3 is 2.71 bits per heavy atom. The van der Waals surface area contributed by atoms with Crippen LogP contribution in [0, 0.1) is 11.8 Å². The normalized spacial score (nSPS) is 16.1. The van der Waals surface area contributed by atoms with E-state index >= 15 is 0 Å². The van der Waals surface area contributed by atoms with Gasteiger partial charge in [-0.25, -0.2) is 0 Å². The predicted molar refractivity (Wildman–Crippen MR) is 70.9 cm³/mol. The number of fused-ring (bicyclic) bond motifs is 1. The number of hydrogen-bond donors (Lipinski definition) is 1. The lowest BCUT2D eigenvalue weighted by Crippen LogP contribution is -2.35. The summed E-state index contributed by atoms with van der Waals surface area (Å²) in [6.45, 7) is 6.95. The van der Waals surface area contributed by atoms with Crippen LogP contribution < -0.4 is 10.6 Å². The van der Waals surface area contributed by atoms with Crippen LogP contribution in [0.3, 0.4) is 0 Å². The van der Waals surface area contributed by atoms with Crippen molar-refractivity contribution in [1.82, 2.24) is 0 Å². The molecule has 0 saturated carbocycles. The van der Waals surface area contributed by atoms with E-state index < -0.39 is 0 Å². The van der Waals surface area contributed by atoms with Gasteiger partial charge in [-0.3, -0.25) is 4.79 Å². The first-order valence-electron chi connectivity index (χ1n) is 6.20. The Morgan fingerprint density at radius 2 is 2.06 bits per heavy atom. The van der Waals surface area contributed by atoms with Crippen LogP contribution in [0.5, 0.6) is 0 Å². The molecule has 3 heteroatoms. The summed E-state index contributed by atoms with van der Waals surface area (Å²) >= 11 is 0. The maximum absolute atomic E-state index is 12.3. The standard InChI is InChI=1S/C14H20N2O/c1-9(2)10(3)14(17)16-7-6-11-4-5-12(15)8-13(11)16/h4-5,8-10H,6-7,15H2,1-3H3. The topological polar surface area (TPSA) is 46.3 Å². The van der Waals surface area contributed by atoms with Gasteiger partial charge >= 0.3 is 0 Å². The monoisotopic (exact) mass is 232 g/mol. The fourth-order valence-corrected chi connectivity index (χ4v) is 2.16. The van der Waals surface area contributed by atoms with Gasteiger partial charge in [-0.05, 0) is 30.0 Å². The zero-order valence-corrected chi connectivity index (χ0v) is 10.7. The molecule has 1 atom stereocenters. The highest BCUT2D eigenvalue weighted by atomic mass is 16.2. The van der Waals surface area contributed by atoms with Crippen molar-refractivity contribution in [2.45, 2.75) is 27.2 Å². The van der Waals surface area contributed by atoms with Gasteiger partial charge in [0.05, 0.1) is 0 Å². The van der Waals surface area contributed by atoms with E-state index in [1.807, 2.05) is 30.0 Å². The molecule has 0 fully saturated rings. The molecule has 1 amide bonds. The zero-order valence-electron chi connectivity index (χ0n) is 10.7. The van der Waals surface area contributed by atoms with Crippen molar-refractivity contribution in [3.05, 3.63) is 23.8 Å². The summed E-state index contributed by atoms with van der Waals surface area (Å²) in [5.74, 6) is 0.638. The van der Waals surface area contributed by atoms with E-state index in [-0.39, 0.29) is 11.8 Å². The molecule has 0 saturated heterocycles. The van der Waals surface area contributed by atoms with E-state index in [1.165, 1.54) is 5.56 Å². The largest absolute Gasteiger partial charge is 0.399 e. The fourth-order valence-electron chi connectivity index (χ4n) is 2.16. The van der Waals surface area contributed by atoms with Crippen molar-refractivity contribution >= 4 is 17.3 Å². The molecular formula is C14H20N2O. The van der Waals surface area contributed by atoms with Crippen molar-refractivity contribution in [3.8, 4) is 0 Å². The van der Waals surface area contributed by atoms with Crippen LogP contribution in [0.25, 0.3) is 0 Å². The second-order valence-electron chi connectivity index (χ2n) is 5.16. The zero-order chi connectivity index (χ0) is 12.6. The maximum Gasteiger partial charge on any atom is 0.230 e. The number of hydrogen-bond acceptors (Lipinski definition) is 2. The number of nitrogens with two attached hydrogens (primary N) is 1. The molecule has 0 bridgehead atoms. The van der Waals surface area contributed by atoms with Crippen LogP contribution in [-0.2, 0) is 11.2 Å². The Labute approximate surface area is 103 Å². The SMILES string of the molecule is CC(C)C(C)C(=O)N1CCc2ccc(N)cc21. The average molecular weight is 232 g/mol. The molecule has 0 spiro atoms. The van der Waals surface area contributed by atoms with Gasteiger partial charge in [0.1, 0.15) is 0 Å². The number of carbonyl (C=O) groups excluding carboxylic acids is 1. The number of anilines is 2. The summed E-state index contributed by atoms with van der Waals surface area (Å²) in [7, 11) is 0. The molecule has 17 heavy (non-hydrogen) atoms. The maximum atomic E-state index is 12.3. The molecule has 0 radical (unpaired) electrons. The van der Waals surface area contributed by atoms with Crippen LogP contribution in [0.4, 0.5) is 11.4 Å². The summed E-state index contributed by atoms with van der Waals surface area (Å²) in [5.41, 5.74) is 8.74. The Morgan fingerprint density at radius 1 is 1.35 bits per heavy atom. The third-order valence-corrected chi connectivity index (χ3v) is 3.66. The number of amides is 1. The smallest absolute Gasteiger partial charge is 0.230 e. The van der Waals surface area contributed by atoms with Gasteiger partial charge in [0.25, 0.3) is 0 Å². The summed E-state index contributed by atoms with van der Waals surface area (Å²) in [5, 5.41) is 0. The summed E-state index contributed by atoms with van der Waals surface area (Å²) in [4.78, 5) is 14.2. The Balaban J connectivity index is 2.27. The number of nitrogen functional groups attached to an aromatic ring is 1. The highest BCUT2D eigenvalue weighted by molar-refractivity contribution is 5.97. The van der Waals surface area contributed by atoms with Gasteiger partial charge in [-0.1, -0.05) is 26.8 Å². The van der Waals surface area contributed by atoms with Crippen LogP contribution in [0.15, 0.2) is 18.2 Å². The van der Waals surface area contributed by atoms with Gasteiger partial charge in [-0.2, -0.15) is 0 Å². The molecule has 2 N–H and O–H groups in total. The van der Waals surface area contributed by atoms with Crippen LogP contribution in [0.2, 0.25) is 0 Å². The highest BCUT2D eigenvalue weighted by Crippen LogP contribution is 2.31. The lowest BCUT2D eigenvalue weighted by molar-refractivity contribution is -0.122. The predicted octanol–water partition coefficient (Wildman–Crippen LogP) is 2.45. The van der Waals surface area contributed by atoms with E-state index in [0.29, 0.717) is 5.92 Å². The quantitative estimate of drug-likeness (QED) is 0.796. The lowest BCUT2D eigenvalue weighted by Gasteiger charge is -2.23. The van der Waals surface area contributed by atoms with E-state index in [0.717, 1.165) is 24.3 Å². The minimum Gasteiger partial charge on any atom is -0.399 e. The first kappa shape index (κ1) is 12.0. The van der Waals surface area contributed by atoms with Crippen molar-refractivity contribution in [1.29, 1.82) is 0 Å². The Hall–Kier alpha value is -1.51. The molecule has 1 aromatic rings. The molecule has 1 aromatic carbocycles. The van der Waals surface area contributed by atoms with Gasteiger partial charge in [0, 0.05) is 23.8 Å². The number of carbonyl (C=O) groups is 1. The van der Waals surface area contributed by atoms with Gasteiger partial charge < -0.3 is 10.6 Å². The average Bonchev–Trinajstić information content (AvgIpc) is 2.69. The summed E-state index contributed by atoms with van der Waals surface area (Å²) in [6, 6.07) is 5.84. The van der Waals surface area contributed by atoms with E-state index in [2.05, 4.69) is 13.8 Å². The second kappa shape index (κ2) is 4.40. The summed E-state index contributed by atoms with van der Waals surface area (Å²) < 4.78 is 0. The fraction of sp³-hybridized carbons (Fsp3) is 0.500. The van der Waals surface area contributed by atoms with Crippen molar-refractivity contribution in [2.24, 2.45) is 11.8 Å². The molecule has 2 rings (SSSR count). The molecule has 1 unspecified atom stereocenters. The third-order valence-electron chi connectivity index (χ3n) is 3.66. The van der Waals surface area contributed by atoms with Crippen LogP contribution >= 0.6 is 0 Å². The molecule has 3 nitrogen and oxygen atoms in total. The first-order chi connectivity index (χ1) is 8.00. The van der Waals surface area contributed by atoms with Gasteiger partial charge in [0.15, 0.2) is 0 Å².